The molecular formula is C17H23N3O6. The molecular weight excluding hydrogens is 342 g/mol. The summed E-state index contributed by atoms with van der Waals surface area (Å²) < 4.78 is 0. The third-order valence-electron chi connectivity index (χ3n) is 3.31. The highest BCUT2D eigenvalue weighted by molar-refractivity contribution is 5.89. The van der Waals surface area contributed by atoms with Crippen LogP contribution in [0.1, 0.15) is 39.2 Å². The molecule has 0 spiro atoms. The highest BCUT2D eigenvalue weighted by Gasteiger charge is 2.25. The Labute approximate surface area is 150 Å². The number of amides is 2. The average molecular weight is 365 g/mol. The Morgan fingerprint density at radius 2 is 1.77 bits per heavy atom. The van der Waals surface area contributed by atoms with Gasteiger partial charge in [0.1, 0.15) is 6.04 Å². The van der Waals surface area contributed by atoms with Crippen LogP contribution in [0.15, 0.2) is 24.3 Å². The first-order valence-electron chi connectivity index (χ1n) is 8.04. The van der Waals surface area contributed by atoms with Crippen molar-refractivity contribution < 1.29 is 24.4 Å². The van der Waals surface area contributed by atoms with Crippen molar-refractivity contribution in [2.24, 2.45) is 0 Å². The first kappa shape index (κ1) is 21.1. The second-order valence-electron chi connectivity index (χ2n) is 6.89. The van der Waals surface area contributed by atoms with Crippen molar-refractivity contribution in [3.63, 3.8) is 0 Å². The fraction of sp³-hybridized carbons (Fsp3) is 0.471. The zero-order valence-electron chi connectivity index (χ0n) is 14.9. The molecule has 0 aliphatic heterocycles. The van der Waals surface area contributed by atoms with Gasteiger partial charge >= 0.3 is 5.97 Å². The summed E-state index contributed by atoms with van der Waals surface area (Å²) in [6.45, 7) is 5.33. The molecule has 1 atom stereocenters. The van der Waals surface area contributed by atoms with Crippen molar-refractivity contribution >= 4 is 23.5 Å². The smallest absolute Gasteiger partial charge is 0.303 e. The number of nitro groups is 1. The molecule has 1 rings (SSSR count). The van der Waals surface area contributed by atoms with Gasteiger partial charge in [0.25, 0.3) is 5.69 Å². The predicted octanol–water partition coefficient (Wildman–Crippen LogP) is 1.40. The first-order chi connectivity index (χ1) is 12.0. The maximum Gasteiger partial charge on any atom is 0.303 e. The number of hydrogen-bond acceptors (Lipinski definition) is 5. The van der Waals surface area contributed by atoms with Crippen molar-refractivity contribution in [3.05, 3.63) is 39.9 Å². The molecule has 0 bridgehead atoms. The van der Waals surface area contributed by atoms with Crippen molar-refractivity contribution in [3.8, 4) is 0 Å². The molecule has 0 aliphatic rings. The molecule has 0 heterocycles. The van der Waals surface area contributed by atoms with Crippen LogP contribution in [0, 0.1) is 10.1 Å². The van der Waals surface area contributed by atoms with Crippen LogP contribution in [-0.2, 0) is 20.8 Å². The number of carboxylic acids is 1. The van der Waals surface area contributed by atoms with Crippen LogP contribution >= 0.6 is 0 Å². The van der Waals surface area contributed by atoms with E-state index in [0.717, 1.165) is 0 Å². The topological polar surface area (TPSA) is 139 Å². The zero-order valence-corrected chi connectivity index (χ0v) is 14.9. The van der Waals surface area contributed by atoms with Gasteiger partial charge < -0.3 is 15.7 Å². The van der Waals surface area contributed by atoms with Gasteiger partial charge in [-0.2, -0.15) is 0 Å². The van der Waals surface area contributed by atoms with E-state index in [1.54, 1.807) is 20.8 Å². The zero-order chi connectivity index (χ0) is 19.9. The number of carbonyl (C=O) groups is 3. The van der Waals surface area contributed by atoms with E-state index in [-0.39, 0.29) is 24.9 Å². The van der Waals surface area contributed by atoms with Gasteiger partial charge in [-0.05, 0) is 32.8 Å². The van der Waals surface area contributed by atoms with E-state index < -0.39 is 34.3 Å². The van der Waals surface area contributed by atoms with Gasteiger partial charge in [-0.25, -0.2) is 0 Å². The minimum atomic E-state index is -1.07. The van der Waals surface area contributed by atoms with Crippen LogP contribution < -0.4 is 10.6 Å². The number of nitro benzene ring substituents is 1. The number of nitrogens with zero attached hydrogens (tertiary/aromatic N) is 1. The third kappa shape index (κ3) is 7.73. The largest absolute Gasteiger partial charge is 0.481 e. The molecule has 0 radical (unpaired) electrons. The summed E-state index contributed by atoms with van der Waals surface area (Å²) in [5, 5.41) is 24.7. The van der Waals surface area contributed by atoms with E-state index >= 15 is 0 Å². The molecule has 1 aromatic rings. The first-order valence-corrected chi connectivity index (χ1v) is 8.04. The minimum Gasteiger partial charge on any atom is -0.481 e. The molecule has 0 aliphatic carbocycles. The summed E-state index contributed by atoms with van der Waals surface area (Å²) in [6.07, 6.45) is -0.381. The molecule has 0 saturated carbocycles. The van der Waals surface area contributed by atoms with Crippen LogP contribution in [0.25, 0.3) is 0 Å². The molecule has 0 saturated heterocycles. The van der Waals surface area contributed by atoms with Gasteiger partial charge in [0.2, 0.25) is 11.8 Å². The molecule has 142 valence electrons. The highest BCUT2D eigenvalue weighted by atomic mass is 16.6. The highest BCUT2D eigenvalue weighted by Crippen LogP contribution is 2.12. The van der Waals surface area contributed by atoms with Crippen LogP contribution in [0.5, 0.6) is 0 Å². The normalized spacial score (nSPS) is 12.1. The minimum absolute atomic E-state index is 0.0384. The van der Waals surface area contributed by atoms with E-state index in [1.807, 2.05) is 0 Å². The molecule has 1 aromatic carbocycles. The van der Waals surface area contributed by atoms with Gasteiger partial charge in [-0.1, -0.05) is 12.1 Å². The fourth-order valence-corrected chi connectivity index (χ4v) is 2.16. The summed E-state index contributed by atoms with van der Waals surface area (Å²) in [4.78, 5) is 45.3. The number of carboxylic acid groups (broad SMARTS) is 1. The van der Waals surface area contributed by atoms with Gasteiger partial charge in [-0.15, -0.1) is 0 Å². The molecule has 9 heteroatoms. The Hall–Kier alpha value is -2.97. The van der Waals surface area contributed by atoms with Gasteiger partial charge in [0.15, 0.2) is 0 Å². The molecule has 9 nitrogen and oxygen atoms in total. The summed E-state index contributed by atoms with van der Waals surface area (Å²) in [7, 11) is 0. The number of nitrogens with one attached hydrogen (secondary N) is 2. The Morgan fingerprint density at radius 3 is 2.23 bits per heavy atom. The number of carbonyl (C=O) groups excluding carboxylic acids is 2. The lowest BCUT2D eigenvalue weighted by atomic mass is 10.1. The van der Waals surface area contributed by atoms with Crippen LogP contribution in [-0.4, -0.2) is 39.4 Å². The Bertz CT molecular complexity index is 679. The summed E-state index contributed by atoms with van der Waals surface area (Å²) >= 11 is 0. The van der Waals surface area contributed by atoms with Crippen molar-refractivity contribution in [2.75, 3.05) is 0 Å². The van der Waals surface area contributed by atoms with Crippen molar-refractivity contribution in [1.82, 2.24) is 10.6 Å². The number of rotatable bonds is 8. The second-order valence-corrected chi connectivity index (χ2v) is 6.89. The molecule has 0 unspecified atom stereocenters. The van der Waals surface area contributed by atoms with Crippen LogP contribution in [0.4, 0.5) is 5.69 Å². The molecule has 2 amide bonds. The standard InChI is InChI=1S/C17H23N3O6/c1-17(2,3)19-16(24)13(8-9-15(22)23)18-14(21)10-11-4-6-12(7-5-11)20(25)26/h4-7,13H,8-10H2,1-3H3,(H,18,21)(H,19,24)(H,22,23)/t13-/m0/s1. The quantitative estimate of drug-likeness (QED) is 0.470. The maximum atomic E-state index is 12.3. The van der Waals surface area contributed by atoms with E-state index in [2.05, 4.69) is 10.6 Å². The van der Waals surface area contributed by atoms with E-state index in [1.165, 1.54) is 24.3 Å². The number of aliphatic carboxylic acids is 1. The van der Waals surface area contributed by atoms with Crippen molar-refractivity contribution in [1.29, 1.82) is 0 Å². The van der Waals surface area contributed by atoms with Crippen molar-refractivity contribution in [2.45, 2.75) is 51.6 Å². The SMILES string of the molecule is CC(C)(C)NC(=O)[C@H](CCC(=O)O)NC(=O)Cc1ccc([N+](=O)[O-])cc1. The lowest BCUT2D eigenvalue weighted by Gasteiger charge is -2.25. The van der Waals surface area contributed by atoms with Crippen LogP contribution in [0.3, 0.4) is 0 Å². The Kier molecular flexibility index (Phi) is 7.24. The molecule has 26 heavy (non-hydrogen) atoms. The van der Waals surface area contributed by atoms with Gasteiger partial charge in [0.05, 0.1) is 11.3 Å². The summed E-state index contributed by atoms with van der Waals surface area (Å²) in [6, 6.07) is 4.52. The number of hydrogen-bond donors (Lipinski definition) is 3. The fourth-order valence-electron chi connectivity index (χ4n) is 2.16. The molecule has 3 N–H and O–H groups in total. The van der Waals surface area contributed by atoms with E-state index in [4.69, 9.17) is 5.11 Å². The summed E-state index contributed by atoms with van der Waals surface area (Å²) in [5.41, 5.74) is -0.0684. The van der Waals surface area contributed by atoms with Crippen LogP contribution in [0.2, 0.25) is 0 Å². The van der Waals surface area contributed by atoms with E-state index in [9.17, 15) is 24.5 Å². The monoisotopic (exact) mass is 365 g/mol. The second kappa shape index (κ2) is 8.93. The Morgan fingerprint density at radius 1 is 1.19 bits per heavy atom. The average Bonchev–Trinajstić information content (AvgIpc) is 2.49. The van der Waals surface area contributed by atoms with Gasteiger partial charge in [0, 0.05) is 24.1 Å². The lowest BCUT2D eigenvalue weighted by molar-refractivity contribution is -0.384. The lowest BCUT2D eigenvalue weighted by Crippen LogP contribution is -2.52. The molecule has 0 fully saturated rings. The third-order valence-corrected chi connectivity index (χ3v) is 3.31. The van der Waals surface area contributed by atoms with Gasteiger partial charge in [-0.3, -0.25) is 24.5 Å². The molecule has 0 aromatic heterocycles. The van der Waals surface area contributed by atoms with E-state index in [0.29, 0.717) is 5.56 Å². The summed E-state index contributed by atoms with van der Waals surface area (Å²) in [5.74, 6) is -2.00. The number of benzene rings is 1. The predicted molar refractivity (Wildman–Crippen MR) is 93.5 cm³/mol. The maximum absolute atomic E-state index is 12.3. The Balaban J connectivity index is 2.75. The number of non-ortho nitro benzene ring substituents is 1.